The molecule has 0 radical (unpaired) electrons. The van der Waals surface area contributed by atoms with Crippen LogP contribution in [0.4, 0.5) is 0 Å². The minimum absolute atomic E-state index is 0.588. The first-order chi connectivity index (χ1) is 8.19. The highest BCUT2D eigenvalue weighted by molar-refractivity contribution is 5.64. The Kier molecular flexibility index (Phi) is 2.92. The summed E-state index contributed by atoms with van der Waals surface area (Å²) in [5.74, 6) is 1.97. The predicted molar refractivity (Wildman–Crippen MR) is 62.6 cm³/mol. The Bertz CT molecular complexity index is 514. The first-order valence-electron chi connectivity index (χ1n) is 5.20. The fourth-order valence-corrected chi connectivity index (χ4v) is 1.86. The van der Waals surface area contributed by atoms with Crippen molar-refractivity contribution in [2.75, 3.05) is 14.2 Å². The van der Waals surface area contributed by atoms with E-state index < -0.39 is 6.10 Å². The largest absolute Gasteiger partial charge is 0.493 e. The summed E-state index contributed by atoms with van der Waals surface area (Å²) in [6, 6.07) is 5.75. The Morgan fingerprint density at radius 3 is 2.47 bits per heavy atom. The van der Waals surface area contributed by atoms with Crippen LogP contribution in [0.25, 0.3) is 6.08 Å². The van der Waals surface area contributed by atoms with Crippen molar-refractivity contribution in [1.29, 1.82) is 5.26 Å². The lowest BCUT2D eigenvalue weighted by atomic mass is 9.99. The molecule has 1 aliphatic heterocycles. The molecule has 0 unspecified atom stereocenters. The molecule has 1 aromatic carbocycles. The summed E-state index contributed by atoms with van der Waals surface area (Å²) in [4.78, 5) is 0. The van der Waals surface area contributed by atoms with Gasteiger partial charge in [-0.25, -0.2) is 0 Å². The zero-order chi connectivity index (χ0) is 12.4. The van der Waals surface area contributed by atoms with Crippen LogP contribution in [0.3, 0.4) is 0 Å². The quantitative estimate of drug-likeness (QED) is 0.785. The molecule has 17 heavy (non-hydrogen) atoms. The maximum absolute atomic E-state index is 9.07. The van der Waals surface area contributed by atoms with Crippen LogP contribution in [0.15, 0.2) is 17.9 Å². The molecule has 1 heterocycles. The number of nitrogens with zero attached hydrogens (tertiary/aromatic N) is 1. The number of ether oxygens (including phenoxy) is 3. The molecule has 4 heteroatoms. The van der Waals surface area contributed by atoms with Crippen LogP contribution < -0.4 is 9.47 Å². The minimum Gasteiger partial charge on any atom is -0.493 e. The third kappa shape index (κ3) is 1.92. The summed E-state index contributed by atoms with van der Waals surface area (Å²) in [5, 5.41) is 9.07. The molecule has 1 atom stereocenters. The number of hydrogen-bond acceptors (Lipinski definition) is 4. The summed E-state index contributed by atoms with van der Waals surface area (Å²) >= 11 is 0. The smallest absolute Gasteiger partial charge is 0.209 e. The van der Waals surface area contributed by atoms with Crippen molar-refractivity contribution >= 4 is 6.08 Å². The molecule has 0 fully saturated rings. The van der Waals surface area contributed by atoms with Gasteiger partial charge in [-0.05, 0) is 30.7 Å². The fourth-order valence-electron chi connectivity index (χ4n) is 1.86. The molecule has 0 saturated heterocycles. The third-order valence-electron chi connectivity index (χ3n) is 2.65. The highest BCUT2D eigenvalue weighted by Gasteiger charge is 2.23. The molecule has 0 aliphatic carbocycles. The second kappa shape index (κ2) is 4.38. The molecule has 0 N–H and O–H groups in total. The number of rotatable bonds is 2. The zero-order valence-electron chi connectivity index (χ0n) is 9.98. The number of allylic oxidation sites excluding steroid dienone is 1. The topological polar surface area (TPSA) is 51.5 Å². The molecule has 0 amide bonds. The Morgan fingerprint density at radius 2 is 1.88 bits per heavy atom. The standard InChI is InChI=1S/C13H13NO3/c1-8-4-9-5-11(15-2)12(16-3)6-10(9)13(7-14)17-8/h4-6,13H,1-3H3/t13-/m1/s1. The van der Waals surface area contributed by atoms with Gasteiger partial charge in [0.25, 0.3) is 0 Å². The van der Waals surface area contributed by atoms with Crippen LogP contribution in [0.1, 0.15) is 24.2 Å². The van der Waals surface area contributed by atoms with Crippen LogP contribution >= 0.6 is 0 Å². The van der Waals surface area contributed by atoms with Gasteiger partial charge in [-0.15, -0.1) is 0 Å². The first kappa shape index (κ1) is 11.3. The molecular weight excluding hydrogens is 218 g/mol. The van der Waals surface area contributed by atoms with E-state index in [2.05, 4.69) is 6.07 Å². The highest BCUT2D eigenvalue weighted by Crippen LogP contribution is 2.38. The van der Waals surface area contributed by atoms with Gasteiger partial charge < -0.3 is 14.2 Å². The molecule has 0 bridgehead atoms. The molecule has 0 aromatic heterocycles. The van der Waals surface area contributed by atoms with Crippen molar-refractivity contribution in [2.24, 2.45) is 0 Å². The average Bonchev–Trinajstić information content (AvgIpc) is 2.35. The molecule has 1 aromatic rings. The molecule has 0 saturated carbocycles. The summed E-state index contributed by atoms with van der Waals surface area (Å²) < 4.78 is 15.9. The lowest BCUT2D eigenvalue weighted by molar-refractivity contribution is 0.162. The van der Waals surface area contributed by atoms with E-state index in [-0.39, 0.29) is 0 Å². The normalized spacial score (nSPS) is 17.3. The maximum Gasteiger partial charge on any atom is 0.209 e. The Labute approximate surface area is 100 Å². The predicted octanol–water partition coefficient (Wildman–Crippen LogP) is 2.66. The van der Waals surface area contributed by atoms with Crippen LogP contribution in [0.2, 0.25) is 0 Å². The van der Waals surface area contributed by atoms with Gasteiger partial charge in [0.15, 0.2) is 11.5 Å². The minimum atomic E-state index is -0.588. The lowest BCUT2D eigenvalue weighted by Gasteiger charge is -2.22. The molecule has 4 nitrogen and oxygen atoms in total. The molecule has 88 valence electrons. The van der Waals surface area contributed by atoms with Crippen molar-refractivity contribution in [2.45, 2.75) is 13.0 Å². The van der Waals surface area contributed by atoms with Crippen LogP contribution in [0.5, 0.6) is 11.5 Å². The number of fused-ring (bicyclic) bond motifs is 1. The van der Waals surface area contributed by atoms with E-state index in [9.17, 15) is 0 Å². The second-order valence-electron chi connectivity index (χ2n) is 3.72. The van der Waals surface area contributed by atoms with Crippen molar-refractivity contribution in [3.63, 3.8) is 0 Å². The van der Waals surface area contributed by atoms with Gasteiger partial charge in [-0.1, -0.05) is 0 Å². The summed E-state index contributed by atoms with van der Waals surface area (Å²) in [7, 11) is 3.15. The van der Waals surface area contributed by atoms with Crippen molar-refractivity contribution in [3.8, 4) is 17.6 Å². The van der Waals surface area contributed by atoms with Crippen LogP contribution in [0, 0.1) is 11.3 Å². The van der Waals surface area contributed by atoms with Gasteiger partial charge in [-0.3, -0.25) is 0 Å². The SMILES string of the molecule is COc1cc2c(cc1OC)[C@@H](C#N)OC(C)=C2. The third-order valence-corrected chi connectivity index (χ3v) is 2.65. The van der Waals surface area contributed by atoms with Gasteiger partial charge in [0.1, 0.15) is 6.07 Å². The average molecular weight is 231 g/mol. The Balaban J connectivity index is 2.60. The Morgan fingerprint density at radius 1 is 1.24 bits per heavy atom. The summed E-state index contributed by atoms with van der Waals surface area (Å²) in [5.41, 5.74) is 1.73. The molecule has 0 spiro atoms. The van der Waals surface area contributed by atoms with E-state index in [0.29, 0.717) is 11.5 Å². The van der Waals surface area contributed by atoms with Gasteiger partial charge in [-0.2, -0.15) is 5.26 Å². The number of methoxy groups -OCH3 is 2. The van der Waals surface area contributed by atoms with Crippen molar-refractivity contribution in [1.82, 2.24) is 0 Å². The van der Waals surface area contributed by atoms with Crippen LogP contribution in [-0.2, 0) is 4.74 Å². The van der Waals surface area contributed by atoms with E-state index in [1.54, 1.807) is 20.3 Å². The van der Waals surface area contributed by atoms with E-state index in [1.807, 2.05) is 19.1 Å². The van der Waals surface area contributed by atoms with E-state index in [0.717, 1.165) is 16.9 Å². The highest BCUT2D eigenvalue weighted by atomic mass is 16.5. The molecule has 1 aliphatic rings. The van der Waals surface area contributed by atoms with Gasteiger partial charge >= 0.3 is 0 Å². The molecular formula is C13H13NO3. The summed E-state index contributed by atoms with van der Waals surface area (Å²) in [6.45, 7) is 1.82. The number of hydrogen-bond donors (Lipinski definition) is 0. The fraction of sp³-hybridized carbons (Fsp3) is 0.308. The van der Waals surface area contributed by atoms with E-state index in [4.69, 9.17) is 19.5 Å². The number of nitriles is 1. The van der Waals surface area contributed by atoms with Crippen molar-refractivity contribution in [3.05, 3.63) is 29.0 Å². The zero-order valence-corrected chi connectivity index (χ0v) is 9.98. The maximum atomic E-state index is 9.07. The van der Waals surface area contributed by atoms with E-state index >= 15 is 0 Å². The van der Waals surface area contributed by atoms with Gasteiger partial charge in [0, 0.05) is 5.56 Å². The lowest BCUT2D eigenvalue weighted by Crippen LogP contribution is -2.08. The van der Waals surface area contributed by atoms with Crippen molar-refractivity contribution < 1.29 is 14.2 Å². The number of benzene rings is 1. The monoisotopic (exact) mass is 231 g/mol. The first-order valence-corrected chi connectivity index (χ1v) is 5.20. The van der Waals surface area contributed by atoms with Gasteiger partial charge in [0.05, 0.1) is 20.0 Å². The van der Waals surface area contributed by atoms with Crippen LogP contribution in [-0.4, -0.2) is 14.2 Å². The second-order valence-corrected chi connectivity index (χ2v) is 3.72. The summed E-state index contributed by atoms with van der Waals surface area (Å²) in [6.07, 6.45) is 1.29. The van der Waals surface area contributed by atoms with Gasteiger partial charge in [0.2, 0.25) is 6.10 Å². The molecule has 2 rings (SSSR count). The Hall–Kier alpha value is -2.15. The van der Waals surface area contributed by atoms with E-state index in [1.165, 1.54) is 0 Å².